The number of ether oxygens (including phenoxy) is 1. The van der Waals surface area contributed by atoms with Gasteiger partial charge in [0.05, 0.1) is 19.8 Å². The van der Waals surface area contributed by atoms with E-state index in [1.54, 1.807) is 19.4 Å². The fourth-order valence-electron chi connectivity index (χ4n) is 3.00. The van der Waals surface area contributed by atoms with Gasteiger partial charge in [0, 0.05) is 22.7 Å². The molecule has 0 fully saturated rings. The van der Waals surface area contributed by atoms with Gasteiger partial charge in [-0.3, -0.25) is 4.79 Å². The van der Waals surface area contributed by atoms with Crippen LogP contribution in [0.1, 0.15) is 22.3 Å². The first kappa shape index (κ1) is 16.1. The summed E-state index contributed by atoms with van der Waals surface area (Å²) < 4.78 is 10.9. The highest BCUT2D eigenvalue weighted by atomic mass is 16.5. The molecule has 4 nitrogen and oxygen atoms in total. The molecule has 3 aromatic rings. The first-order valence-electron chi connectivity index (χ1n) is 7.90. The first-order valence-corrected chi connectivity index (χ1v) is 7.90. The summed E-state index contributed by atoms with van der Waals surface area (Å²) in [6, 6.07) is 9.46. The molecule has 0 aliphatic carbocycles. The third kappa shape index (κ3) is 3.00. The van der Waals surface area contributed by atoms with E-state index in [0.717, 1.165) is 33.3 Å². The van der Waals surface area contributed by atoms with Crippen molar-refractivity contribution < 1.29 is 13.9 Å². The van der Waals surface area contributed by atoms with Crippen LogP contribution in [0.15, 0.2) is 41.0 Å². The number of carbonyl (C=O) groups is 1. The van der Waals surface area contributed by atoms with Gasteiger partial charge in [-0.05, 0) is 49.6 Å². The molecule has 1 N–H and O–H groups in total. The highest BCUT2D eigenvalue weighted by molar-refractivity contribution is 5.97. The van der Waals surface area contributed by atoms with E-state index >= 15 is 0 Å². The Morgan fingerprint density at radius 2 is 1.96 bits per heavy atom. The third-order valence-corrected chi connectivity index (χ3v) is 4.33. The average molecular weight is 323 g/mol. The molecule has 0 atom stereocenters. The molecule has 1 heterocycles. The lowest BCUT2D eigenvalue weighted by atomic mass is 9.99. The van der Waals surface area contributed by atoms with Crippen molar-refractivity contribution in [3.8, 4) is 5.75 Å². The second-order valence-electron chi connectivity index (χ2n) is 6.06. The van der Waals surface area contributed by atoms with Crippen molar-refractivity contribution in [3.05, 3.63) is 58.8 Å². The maximum absolute atomic E-state index is 12.4. The molecule has 1 aromatic heterocycles. The van der Waals surface area contributed by atoms with Gasteiger partial charge < -0.3 is 14.5 Å². The summed E-state index contributed by atoms with van der Waals surface area (Å²) >= 11 is 0. The molecular weight excluding hydrogens is 302 g/mol. The van der Waals surface area contributed by atoms with Crippen molar-refractivity contribution in [2.75, 3.05) is 12.4 Å². The van der Waals surface area contributed by atoms with Crippen LogP contribution in [0.2, 0.25) is 0 Å². The van der Waals surface area contributed by atoms with Crippen LogP contribution in [0.5, 0.6) is 5.75 Å². The number of nitrogens with one attached hydrogen (secondary N) is 1. The van der Waals surface area contributed by atoms with Gasteiger partial charge >= 0.3 is 0 Å². The van der Waals surface area contributed by atoms with E-state index in [2.05, 4.69) is 18.3 Å². The van der Waals surface area contributed by atoms with Crippen molar-refractivity contribution in [3.63, 3.8) is 0 Å². The highest BCUT2D eigenvalue weighted by Crippen LogP contribution is 2.30. The van der Waals surface area contributed by atoms with E-state index in [4.69, 9.17) is 9.15 Å². The van der Waals surface area contributed by atoms with E-state index in [0.29, 0.717) is 5.75 Å². The minimum absolute atomic E-state index is 0.0800. The Morgan fingerprint density at radius 1 is 1.17 bits per heavy atom. The van der Waals surface area contributed by atoms with Gasteiger partial charge in [-0.1, -0.05) is 12.1 Å². The zero-order valence-corrected chi connectivity index (χ0v) is 14.4. The molecule has 4 heteroatoms. The standard InChI is InChI=1S/C20H21NO3/c1-12-8-13(2)19-15(11-24-20(19)14(12)3)9-18(22)21-16-6-5-7-17(10-16)23-4/h5-8,10-11H,9H2,1-4H3,(H,21,22). The molecule has 0 unspecified atom stereocenters. The molecule has 2 aromatic carbocycles. The third-order valence-electron chi connectivity index (χ3n) is 4.33. The van der Waals surface area contributed by atoms with E-state index in [-0.39, 0.29) is 12.3 Å². The summed E-state index contributed by atoms with van der Waals surface area (Å²) in [5, 5.41) is 3.95. The van der Waals surface area contributed by atoms with Crippen LogP contribution < -0.4 is 10.1 Å². The molecule has 1 amide bonds. The zero-order valence-electron chi connectivity index (χ0n) is 14.4. The number of carbonyl (C=O) groups excluding carboxylic acids is 1. The lowest BCUT2D eigenvalue weighted by Crippen LogP contribution is -2.14. The van der Waals surface area contributed by atoms with Gasteiger partial charge in [0.15, 0.2) is 0 Å². The topological polar surface area (TPSA) is 51.5 Å². The Morgan fingerprint density at radius 3 is 2.71 bits per heavy atom. The molecule has 3 rings (SSSR count). The van der Waals surface area contributed by atoms with Crippen molar-refractivity contribution >= 4 is 22.6 Å². The van der Waals surface area contributed by atoms with Crippen molar-refractivity contribution in [1.82, 2.24) is 0 Å². The van der Waals surface area contributed by atoms with E-state index in [1.165, 1.54) is 5.56 Å². The maximum Gasteiger partial charge on any atom is 0.228 e. The molecule has 0 radical (unpaired) electrons. The quantitative estimate of drug-likeness (QED) is 0.766. The first-order chi connectivity index (χ1) is 11.5. The highest BCUT2D eigenvalue weighted by Gasteiger charge is 2.15. The summed E-state index contributed by atoms with van der Waals surface area (Å²) in [6.07, 6.45) is 1.96. The van der Waals surface area contributed by atoms with E-state index < -0.39 is 0 Å². The molecule has 24 heavy (non-hydrogen) atoms. The van der Waals surface area contributed by atoms with Crippen LogP contribution in [0.25, 0.3) is 11.0 Å². The summed E-state index contributed by atoms with van der Waals surface area (Å²) in [7, 11) is 1.60. The lowest BCUT2D eigenvalue weighted by molar-refractivity contribution is -0.115. The molecule has 0 spiro atoms. The minimum Gasteiger partial charge on any atom is -0.497 e. The Balaban J connectivity index is 1.84. The number of benzene rings is 2. The summed E-state index contributed by atoms with van der Waals surface area (Å²) in [5.74, 6) is 0.632. The fraction of sp³-hybridized carbons (Fsp3) is 0.250. The van der Waals surface area contributed by atoms with Gasteiger partial charge in [-0.25, -0.2) is 0 Å². The van der Waals surface area contributed by atoms with Gasteiger partial charge in [-0.2, -0.15) is 0 Å². The minimum atomic E-state index is -0.0800. The van der Waals surface area contributed by atoms with Crippen LogP contribution in [0.3, 0.4) is 0 Å². The monoisotopic (exact) mass is 323 g/mol. The van der Waals surface area contributed by atoms with Gasteiger partial charge in [-0.15, -0.1) is 0 Å². The number of furan rings is 1. The van der Waals surface area contributed by atoms with Crippen LogP contribution in [0.4, 0.5) is 5.69 Å². The fourth-order valence-corrected chi connectivity index (χ4v) is 3.00. The Bertz CT molecular complexity index is 909. The zero-order chi connectivity index (χ0) is 17.3. The smallest absolute Gasteiger partial charge is 0.228 e. The van der Waals surface area contributed by atoms with Gasteiger partial charge in [0.25, 0.3) is 0 Å². The SMILES string of the molecule is COc1cccc(NC(=O)Cc2coc3c(C)c(C)cc(C)c23)c1. The van der Waals surface area contributed by atoms with Crippen molar-refractivity contribution in [1.29, 1.82) is 0 Å². The molecule has 0 saturated carbocycles. The summed E-state index contributed by atoms with van der Waals surface area (Å²) in [6.45, 7) is 6.16. The molecule has 0 bridgehead atoms. The number of hydrogen-bond donors (Lipinski definition) is 1. The largest absolute Gasteiger partial charge is 0.497 e. The molecule has 0 aliphatic heterocycles. The number of aryl methyl sites for hydroxylation is 3. The van der Waals surface area contributed by atoms with E-state index in [9.17, 15) is 4.79 Å². The number of anilines is 1. The summed E-state index contributed by atoms with van der Waals surface area (Å²) in [4.78, 5) is 12.4. The van der Waals surface area contributed by atoms with E-state index in [1.807, 2.05) is 32.0 Å². The van der Waals surface area contributed by atoms with Crippen molar-refractivity contribution in [2.24, 2.45) is 0 Å². The molecule has 124 valence electrons. The second-order valence-corrected chi connectivity index (χ2v) is 6.06. The van der Waals surface area contributed by atoms with Crippen LogP contribution >= 0.6 is 0 Å². The molecule has 0 aliphatic rings. The Labute approximate surface area is 141 Å². The molecule has 0 saturated heterocycles. The van der Waals surface area contributed by atoms with Crippen LogP contribution in [-0.4, -0.2) is 13.0 Å². The van der Waals surface area contributed by atoms with Crippen molar-refractivity contribution in [2.45, 2.75) is 27.2 Å². The average Bonchev–Trinajstić information content (AvgIpc) is 2.97. The van der Waals surface area contributed by atoms with Crippen LogP contribution in [0, 0.1) is 20.8 Å². The molecular formula is C20H21NO3. The van der Waals surface area contributed by atoms with Crippen LogP contribution in [-0.2, 0) is 11.2 Å². The Kier molecular flexibility index (Phi) is 4.30. The predicted molar refractivity (Wildman–Crippen MR) is 95.8 cm³/mol. The number of methoxy groups -OCH3 is 1. The normalized spacial score (nSPS) is 10.8. The number of fused-ring (bicyclic) bond motifs is 1. The number of amides is 1. The lowest BCUT2D eigenvalue weighted by Gasteiger charge is -2.08. The Hall–Kier alpha value is -2.75. The number of hydrogen-bond acceptors (Lipinski definition) is 3. The summed E-state index contributed by atoms with van der Waals surface area (Å²) in [5.41, 5.74) is 5.95. The number of rotatable bonds is 4. The van der Waals surface area contributed by atoms with Gasteiger partial charge in [0.2, 0.25) is 5.91 Å². The van der Waals surface area contributed by atoms with Gasteiger partial charge in [0.1, 0.15) is 11.3 Å². The second kappa shape index (κ2) is 6.40. The maximum atomic E-state index is 12.4. The predicted octanol–water partition coefficient (Wildman–Crippen LogP) is 4.55.